The Bertz CT molecular complexity index is 442. The van der Waals surface area contributed by atoms with Gasteiger partial charge in [-0.25, -0.2) is 4.79 Å². The highest BCUT2D eigenvalue weighted by molar-refractivity contribution is 6.33. The highest BCUT2D eigenvalue weighted by atomic mass is 35.5. The molecule has 17 heavy (non-hydrogen) atoms. The van der Waals surface area contributed by atoms with Gasteiger partial charge in [-0.1, -0.05) is 11.6 Å². The van der Waals surface area contributed by atoms with Crippen LogP contribution in [-0.2, 0) is 13.1 Å². The Morgan fingerprint density at radius 3 is 2.76 bits per heavy atom. The first-order valence-electron chi connectivity index (χ1n) is 5.73. The maximum atomic E-state index is 11.0. The molecule has 2 rings (SSSR count). The fraction of sp³-hybridized carbons (Fsp3) is 0.636. The lowest BCUT2D eigenvalue weighted by atomic mass is 10.2. The van der Waals surface area contributed by atoms with Crippen LogP contribution in [0.2, 0.25) is 5.02 Å². The summed E-state index contributed by atoms with van der Waals surface area (Å²) in [5.41, 5.74) is 0.780. The normalized spacial score (nSPS) is 16.9. The zero-order valence-electron chi connectivity index (χ0n) is 9.98. The minimum atomic E-state index is -1.06. The molecule has 1 aliphatic rings. The number of carboxylic acids is 1. The summed E-state index contributed by atoms with van der Waals surface area (Å²) in [6.07, 6.45) is 0.961. The molecule has 1 aromatic heterocycles. The summed E-state index contributed by atoms with van der Waals surface area (Å²) >= 11 is 6.09. The van der Waals surface area contributed by atoms with Crippen molar-refractivity contribution in [2.75, 3.05) is 6.54 Å². The molecule has 0 bridgehead atoms. The number of aromatic nitrogens is 2. The van der Waals surface area contributed by atoms with Crippen LogP contribution in [-0.4, -0.2) is 38.3 Å². The third kappa shape index (κ3) is 2.30. The number of aromatic carboxylic acids is 1. The first-order valence-corrected chi connectivity index (χ1v) is 6.11. The smallest absolute Gasteiger partial charge is 0.357 e. The van der Waals surface area contributed by atoms with E-state index in [9.17, 15) is 4.79 Å². The van der Waals surface area contributed by atoms with E-state index in [1.54, 1.807) is 4.68 Å². The van der Waals surface area contributed by atoms with Crippen molar-refractivity contribution in [3.8, 4) is 0 Å². The topological polar surface area (TPSA) is 58.4 Å². The van der Waals surface area contributed by atoms with E-state index in [1.165, 1.54) is 0 Å². The summed E-state index contributed by atoms with van der Waals surface area (Å²) in [5, 5.41) is 13.3. The molecule has 0 atom stereocenters. The van der Waals surface area contributed by atoms with E-state index >= 15 is 0 Å². The summed E-state index contributed by atoms with van der Waals surface area (Å²) < 4.78 is 1.73. The minimum absolute atomic E-state index is 0.0349. The number of hydrogen-bond acceptors (Lipinski definition) is 3. The Balaban J connectivity index is 2.37. The number of nitrogens with zero attached hydrogens (tertiary/aromatic N) is 3. The molecule has 0 amide bonds. The molecule has 1 N–H and O–H groups in total. The van der Waals surface area contributed by atoms with Gasteiger partial charge in [0.1, 0.15) is 0 Å². The second kappa shape index (κ2) is 4.66. The summed E-state index contributed by atoms with van der Waals surface area (Å²) in [6.45, 7) is 6.62. The van der Waals surface area contributed by atoms with Crippen molar-refractivity contribution in [2.45, 2.75) is 39.4 Å². The number of carboxylic acid groups (broad SMARTS) is 1. The van der Waals surface area contributed by atoms with Gasteiger partial charge in [-0.3, -0.25) is 9.58 Å². The summed E-state index contributed by atoms with van der Waals surface area (Å²) in [7, 11) is 0. The van der Waals surface area contributed by atoms with Crippen molar-refractivity contribution < 1.29 is 9.90 Å². The molecule has 0 aromatic carbocycles. The van der Waals surface area contributed by atoms with Crippen LogP contribution in [0.3, 0.4) is 0 Å². The Hall–Kier alpha value is -1.07. The lowest BCUT2D eigenvalue weighted by Crippen LogP contribution is -2.30. The van der Waals surface area contributed by atoms with Crippen LogP contribution in [0, 0.1) is 0 Å². The number of halogens is 1. The monoisotopic (exact) mass is 257 g/mol. The standard InChI is InChI=1S/C11H16ClN3O2/c1-7(2)14-4-3-5-15-8(6-14)9(12)10(13-15)11(16)17/h7H,3-6H2,1-2H3,(H,16,17). The largest absolute Gasteiger partial charge is 0.476 e. The van der Waals surface area contributed by atoms with E-state index in [4.69, 9.17) is 16.7 Å². The van der Waals surface area contributed by atoms with E-state index in [2.05, 4.69) is 23.8 Å². The SMILES string of the molecule is CC(C)N1CCCn2nc(C(=O)O)c(Cl)c2C1. The Morgan fingerprint density at radius 1 is 1.47 bits per heavy atom. The fourth-order valence-electron chi connectivity index (χ4n) is 2.08. The van der Waals surface area contributed by atoms with Gasteiger partial charge in [0.15, 0.2) is 5.69 Å². The van der Waals surface area contributed by atoms with Crippen LogP contribution in [0.5, 0.6) is 0 Å². The van der Waals surface area contributed by atoms with Gasteiger partial charge in [-0.05, 0) is 20.3 Å². The van der Waals surface area contributed by atoms with Gasteiger partial charge in [-0.15, -0.1) is 0 Å². The molecule has 0 saturated carbocycles. The molecule has 0 aliphatic carbocycles. The predicted octanol–water partition coefficient (Wildman–Crippen LogP) is 1.85. The van der Waals surface area contributed by atoms with Crippen molar-refractivity contribution in [3.05, 3.63) is 16.4 Å². The first kappa shape index (κ1) is 12.4. The van der Waals surface area contributed by atoms with Crippen LogP contribution in [0.15, 0.2) is 0 Å². The van der Waals surface area contributed by atoms with E-state index in [1.807, 2.05) is 0 Å². The highest BCUT2D eigenvalue weighted by Crippen LogP contribution is 2.25. The lowest BCUT2D eigenvalue weighted by Gasteiger charge is -2.23. The molecule has 0 spiro atoms. The van der Waals surface area contributed by atoms with Gasteiger partial charge in [0.05, 0.1) is 10.7 Å². The Morgan fingerprint density at radius 2 is 2.18 bits per heavy atom. The zero-order valence-corrected chi connectivity index (χ0v) is 10.7. The van der Waals surface area contributed by atoms with Crippen LogP contribution < -0.4 is 0 Å². The van der Waals surface area contributed by atoms with E-state index in [0.717, 1.165) is 25.2 Å². The number of rotatable bonds is 2. The van der Waals surface area contributed by atoms with Crippen molar-refractivity contribution in [2.24, 2.45) is 0 Å². The number of hydrogen-bond donors (Lipinski definition) is 1. The Kier molecular flexibility index (Phi) is 3.40. The van der Waals surface area contributed by atoms with E-state index < -0.39 is 5.97 Å². The van der Waals surface area contributed by atoms with Crippen molar-refractivity contribution >= 4 is 17.6 Å². The lowest BCUT2D eigenvalue weighted by molar-refractivity contribution is 0.0689. The van der Waals surface area contributed by atoms with Gasteiger partial charge in [0.2, 0.25) is 0 Å². The van der Waals surface area contributed by atoms with Gasteiger partial charge in [0, 0.05) is 25.7 Å². The second-order valence-electron chi connectivity index (χ2n) is 4.56. The van der Waals surface area contributed by atoms with Crippen molar-refractivity contribution in [1.82, 2.24) is 14.7 Å². The molecule has 1 aliphatic heterocycles. The number of carbonyl (C=O) groups is 1. The van der Waals surface area contributed by atoms with Crippen molar-refractivity contribution in [3.63, 3.8) is 0 Å². The summed E-state index contributed by atoms with van der Waals surface area (Å²) in [4.78, 5) is 13.2. The first-order chi connectivity index (χ1) is 8.00. The fourth-order valence-corrected chi connectivity index (χ4v) is 2.36. The average molecular weight is 258 g/mol. The van der Waals surface area contributed by atoms with Crippen LogP contribution in [0.1, 0.15) is 36.5 Å². The molecule has 0 fully saturated rings. The van der Waals surface area contributed by atoms with E-state index in [0.29, 0.717) is 12.6 Å². The van der Waals surface area contributed by atoms with Crippen LogP contribution >= 0.6 is 11.6 Å². The highest BCUT2D eigenvalue weighted by Gasteiger charge is 2.25. The van der Waals surface area contributed by atoms with Crippen LogP contribution in [0.25, 0.3) is 0 Å². The van der Waals surface area contributed by atoms with Gasteiger partial charge in [0.25, 0.3) is 0 Å². The van der Waals surface area contributed by atoms with Gasteiger partial charge < -0.3 is 5.11 Å². The van der Waals surface area contributed by atoms with Crippen molar-refractivity contribution in [1.29, 1.82) is 0 Å². The van der Waals surface area contributed by atoms with Crippen LogP contribution in [0.4, 0.5) is 0 Å². The second-order valence-corrected chi connectivity index (χ2v) is 4.93. The predicted molar refractivity (Wildman–Crippen MR) is 64.4 cm³/mol. The number of aryl methyl sites for hydroxylation is 1. The molecular weight excluding hydrogens is 242 g/mol. The molecule has 0 unspecified atom stereocenters. The molecule has 6 heteroatoms. The quantitative estimate of drug-likeness (QED) is 0.879. The van der Waals surface area contributed by atoms with Gasteiger partial charge in [-0.2, -0.15) is 5.10 Å². The maximum absolute atomic E-state index is 11.0. The molecule has 94 valence electrons. The zero-order chi connectivity index (χ0) is 12.6. The third-order valence-electron chi connectivity index (χ3n) is 3.09. The molecule has 5 nitrogen and oxygen atoms in total. The van der Waals surface area contributed by atoms with E-state index in [-0.39, 0.29) is 10.7 Å². The number of fused-ring (bicyclic) bond motifs is 1. The average Bonchev–Trinajstić information content (AvgIpc) is 2.47. The molecule has 0 saturated heterocycles. The minimum Gasteiger partial charge on any atom is -0.476 e. The molecule has 1 aromatic rings. The molecular formula is C11H16ClN3O2. The molecule has 0 radical (unpaired) electrons. The molecule has 2 heterocycles. The summed E-state index contributed by atoms with van der Waals surface area (Å²) in [5.74, 6) is -1.06. The third-order valence-corrected chi connectivity index (χ3v) is 3.49. The Labute approximate surface area is 105 Å². The van der Waals surface area contributed by atoms with Gasteiger partial charge >= 0.3 is 5.97 Å². The summed E-state index contributed by atoms with van der Waals surface area (Å²) in [6, 6.07) is 0.417. The maximum Gasteiger partial charge on any atom is 0.357 e.